The lowest BCUT2D eigenvalue weighted by Crippen LogP contribution is -2.19. The second kappa shape index (κ2) is 6.62. The number of carbonyl (C=O) groups excluding carboxylic acids is 1. The summed E-state index contributed by atoms with van der Waals surface area (Å²) in [5.74, 6) is 0.671. The lowest BCUT2D eigenvalue weighted by molar-refractivity contribution is 0.0955. The molecule has 0 fully saturated rings. The van der Waals surface area contributed by atoms with E-state index in [1.807, 2.05) is 31.2 Å². The van der Waals surface area contributed by atoms with Crippen molar-refractivity contribution in [1.82, 2.24) is 20.0 Å². The van der Waals surface area contributed by atoms with Crippen LogP contribution < -0.4 is 5.43 Å². The summed E-state index contributed by atoms with van der Waals surface area (Å²) in [6, 6.07) is 11.1. The Morgan fingerprint density at radius 3 is 2.83 bits per heavy atom. The summed E-state index contributed by atoms with van der Waals surface area (Å²) in [7, 11) is 0. The summed E-state index contributed by atoms with van der Waals surface area (Å²) < 4.78 is 2.11. The van der Waals surface area contributed by atoms with Crippen LogP contribution in [0.1, 0.15) is 35.7 Å². The number of imidazole rings is 1. The molecule has 0 bridgehead atoms. The Hall–Kier alpha value is -3.02. The molecule has 3 rings (SSSR count). The van der Waals surface area contributed by atoms with Gasteiger partial charge >= 0.3 is 0 Å². The Kier molecular flexibility index (Phi) is 4.37. The molecule has 0 saturated heterocycles. The van der Waals surface area contributed by atoms with Crippen LogP contribution in [0.15, 0.2) is 47.7 Å². The molecule has 0 saturated carbocycles. The van der Waals surface area contributed by atoms with Gasteiger partial charge in [0.25, 0.3) is 5.91 Å². The molecule has 1 amide bonds. The average Bonchev–Trinajstić information content (AvgIpc) is 2.94. The van der Waals surface area contributed by atoms with Gasteiger partial charge in [-0.25, -0.2) is 10.4 Å². The third-order valence-electron chi connectivity index (χ3n) is 3.88. The summed E-state index contributed by atoms with van der Waals surface area (Å²) in [6.07, 6.45) is 1.69. The summed E-state index contributed by atoms with van der Waals surface area (Å²) in [5.41, 5.74) is 6.32. The van der Waals surface area contributed by atoms with E-state index in [9.17, 15) is 4.79 Å². The first-order chi connectivity index (χ1) is 11.6. The number of amides is 1. The fraction of sp³-hybridized carbons (Fsp3) is 0.222. The highest BCUT2D eigenvalue weighted by Gasteiger charge is 2.10. The van der Waals surface area contributed by atoms with Crippen molar-refractivity contribution < 1.29 is 4.79 Å². The topological polar surface area (TPSA) is 72.2 Å². The van der Waals surface area contributed by atoms with Gasteiger partial charge in [-0.05, 0) is 51.1 Å². The van der Waals surface area contributed by atoms with Crippen molar-refractivity contribution in [2.75, 3.05) is 0 Å². The molecule has 0 spiro atoms. The van der Waals surface area contributed by atoms with Gasteiger partial charge in [0, 0.05) is 18.3 Å². The zero-order valence-electron chi connectivity index (χ0n) is 13.9. The lowest BCUT2D eigenvalue weighted by Gasteiger charge is -2.04. The summed E-state index contributed by atoms with van der Waals surface area (Å²) >= 11 is 0. The minimum absolute atomic E-state index is 0.268. The number of carbonyl (C=O) groups is 1. The number of pyridine rings is 1. The Labute approximate surface area is 140 Å². The van der Waals surface area contributed by atoms with Crippen molar-refractivity contribution in [1.29, 1.82) is 0 Å². The van der Waals surface area contributed by atoms with Crippen LogP contribution in [0.3, 0.4) is 0 Å². The van der Waals surface area contributed by atoms with Gasteiger partial charge < -0.3 is 4.57 Å². The minimum atomic E-state index is -0.268. The number of nitrogens with zero attached hydrogens (tertiary/aromatic N) is 4. The summed E-state index contributed by atoms with van der Waals surface area (Å²) in [6.45, 7) is 6.69. The van der Waals surface area contributed by atoms with Crippen LogP contribution in [-0.4, -0.2) is 26.2 Å². The van der Waals surface area contributed by atoms with Gasteiger partial charge in [0.05, 0.1) is 22.4 Å². The van der Waals surface area contributed by atoms with E-state index in [2.05, 4.69) is 32.0 Å². The smallest absolute Gasteiger partial charge is 0.271 e. The van der Waals surface area contributed by atoms with Gasteiger partial charge in [0.1, 0.15) is 5.82 Å². The van der Waals surface area contributed by atoms with Gasteiger partial charge in [-0.15, -0.1) is 0 Å². The zero-order valence-corrected chi connectivity index (χ0v) is 13.9. The number of hydrazone groups is 1. The molecule has 6 heteroatoms. The molecule has 1 N–H and O–H groups in total. The van der Waals surface area contributed by atoms with Crippen molar-refractivity contribution in [2.45, 2.75) is 27.3 Å². The number of aromatic nitrogens is 3. The number of fused-ring (bicyclic) bond motifs is 1. The molecule has 24 heavy (non-hydrogen) atoms. The second-order valence-corrected chi connectivity index (χ2v) is 5.46. The quantitative estimate of drug-likeness (QED) is 0.593. The Bertz CT molecular complexity index is 912. The van der Waals surface area contributed by atoms with E-state index in [-0.39, 0.29) is 5.91 Å². The minimum Gasteiger partial charge on any atom is -0.329 e. The van der Waals surface area contributed by atoms with Crippen LogP contribution >= 0.6 is 0 Å². The van der Waals surface area contributed by atoms with Crippen molar-refractivity contribution in [2.24, 2.45) is 5.10 Å². The molecule has 0 radical (unpaired) electrons. The number of hydrogen-bond acceptors (Lipinski definition) is 4. The molecule has 6 nitrogen and oxygen atoms in total. The maximum Gasteiger partial charge on any atom is 0.271 e. The monoisotopic (exact) mass is 321 g/mol. The van der Waals surface area contributed by atoms with Crippen molar-refractivity contribution in [3.63, 3.8) is 0 Å². The van der Waals surface area contributed by atoms with Crippen LogP contribution in [0.2, 0.25) is 0 Å². The highest BCUT2D eigenvalue weighted by Crippen LogP contribution is 2.17. The predicted octanol–water partition coefficient (Wildman–Crippen LogP) is 2.91. The molecule has 2 aromatic heterocycles. The van der Waals surface area contributed by atoms with Gasteiger partial charge in [-0.3, -0.25) is 9.78 Å². The van der Waals surface area contributed by atoms with Gasteiger partial charge in [-0.2, -0.15) is 5.10 Å². The normalized spacial score (nSPS) is 11.7. The maximum atomic E-state index is 12.3. The average molecular weight is 321 g/mol. The van der Waals surface area contributed by atoms with E-state index in [1.165, 1.54) is 0 Å². The third kappa shape index (κ3) is 3.03. The van der Waals surface area contributed by atoms with Crippen LogP contribution in [-0.2, 0) is 6.54 Å². The van der Waals surface area contributed by atoms with Gasteiger partial charge in [-0.1, -0.05) is 6.07 Å². The van der Waals surface area contributed by atoms with Crippen LogP contribution in [0.5, 0.6) is 0 Å². The fourth-order valence-electron chi connectivity index (χ4n) is 2.62. The Morgan fingerprint density at radius 1 is 1.29 bits per heavy atom. The van der Waals surface area contributed by atoms with Crippen molar-refractivity contribution in [3.8, 4) is 0 Å². The van der Waals surface area contributed by atoms with Crippen LogP contribution in [0.25, 0.3) is 11.0 Å². The molecule has 0 atom stereocenters. The molecular formula is C18H19N5O. The highest BCUT2D eigenvalue weighted by molar-refractivity contribution is 6.00. The molecule has 0 aliphatic carbocycles. The van der Waals surface area contributed by atoms with Crippen molar-refractivity contribution >= 4 is 22.7 Å². The van der Waals surface area contributed by atoms with E-state index in [0.29, 0.717) is 11.3 Å². The number of hydrogen-bond donors (Lipinski definition) is 1. The van der Waals surface area contributed by atoms with Crippen molar-refractivity contribution in [3.05, 3.63) is 59.7 Å². The first-order valence-electron chi connectivity index (χ1n) is 7.83. The molecule has 122 valence electrons. The van der Waals surface area contributed by atoms with E-state index in [0.717, 1.165) is 29.1 Å². The SMILES string of the molecule is CCn1c(C)nc2cc(C(=O)N/N=C(\C)c3ccccn3)ccc21. The number of aryl methyl sites for hydroxylation is 2. The highest BCUT2D eigenvalue weighted by atomic mass is 16.2. The number of benzene rings is 1. The van der Waals surface area contributed by atoms with Crippen LogP contribution in [0, 0.1) is 6.92 Å². The third-order valence-corrected chi connectivity index (χ3v) is 3.88. The lowest BCUT2D eigenvalue weighted by atomic mass is 10.2. The zero-order chi connectivity index (χ0) is 17.1. The largest absolute Gasteiger partial charge is 0.329 e. The number of nitrogens with one attached hydrogen (secondary N) is 1. The molecular weight excluding hydrogens is 302 g/mol. The van der Waals surface area contributed by atoms with Crippen LogP contribution in [0.4, 0.5) is 0 Å². The maximum absolute atomic E-state index is 12.3. The summed E-state index contributed by atoms with van der Waals surface area (Å²) in [4.78, 5) is 21.0. The fourth-order valence-corrected chi connectivity index (χ4v) is 2.62. The first kappa shape index (κ1) is 15.9. The van der Waals surface area contributed by atoms with Gasteiger partial charge in [0.2, 0.25) is 0 Å². The Balaban J connectivity index is 1.81. The van der Waals surface area contributed by atoms with E-state index >= 15 is 0 Å². The molecule has 0 aliphatic rings. The molecule has 1 aromatic carbocycles. The van der Waals surface area contributed by atoms with E-state index in [1.54, 1.807) is 25.3 Å². The Morgan fingerprint density at radius 2 is 2.12 bits per heavy atom. The first-order valence-corrected chi connectivity index (χ1v) is 7.83. The molecule has 0 aliphatic heterocycles. The molecule has 0 unspecified atom stereocenters. The molecule has 2 heterocycles. The van der Waals surface area contributed by atoms with Gasteiger partial charge in [0.15, 0.2) is 0 Å². The number of rotatable bonds is 4. The molecule has 3 aromatic rings. The predicted molar refractivity (Wildman–Crippen MR) is 94.1 cm³/mol. The van der Waals surface area contributed by atoms with E-state index in [4.69, 9.17) is 0 Å². The standard InChI is InChI=1S/C18H19N5O/c1-4-23-13(3)20-16-11-14(8-9-17(16)23)18(24)22-21-12(2)15-7-5-6-10-19-15/h5-11H,4H2,1-3H3,(H,22,24)/b21-12+. The van der Waals surface area contributed by atoms with E-state index < -0.39 is 0 Å². The second-order valence-electron chi connectivity index (χ2n) is 5.46. The summed E-state index contributed by atoms with van der Waals surface area (Å²) in [5, 5.41) is 4.12.